The summed E-state index contributed by atoms with van der Waals surface area (Å²) in [5, 5.41) is 4.70. The van der Waals surface area contributed by atoms with E-state index < -0.39 is 0 Å². The normalized spacial score (nSPS) is 10.8. The lowest BCUT2D eigenvalue weighted by Gasteiger charge is -2.01. The van der Waals surface area contributed by atoms with E-state index in [-0.39, 0.29) is 0 Å². The molecule has 0 spiro atoms. The summed E-state index contributed by atoms with van der Waals surface area (Å²) in [6.45, 7) is 0. The summed E-state index contributed by atoms with van der Waals surface area (Å²) in [6, 6.07) is 11.4. The minimum Gasteiger partial charge on any atom is -0.367 e. The van der Waals surface area contributed by atoms with Crippen LogP contribution in [-0.2, 0) is 0 Å². The molecule has 0 unspecified atom stereocenters. The Kier molecular flexibility index (Phi) is 3.35. The van der Waals surface area contributed by atoms with E-state index in [9.17, 15) is 0 Å². The smallest absolute Gasteiger partial charge is 0.230 e. The summed E-state index contributed by atoms with van der Waals surface area (Å²) in [5.74, 6) is 0.293. The van der Waals surface area contributed by atoms with Crippen molar-refractivity contribution < 1.29 is 4.52 Å². The van der Waals surface area contributed by atoms with Crippen molar-refractivity contribution in [3.63, 3.8) is 0 Å². The molecule has 0 bridgehead atoms. The van der Waals surface area contributed by atoms with Crippen molar-refractivity contribution in [2.45, 2.75) is 0 Å². The molecule has 0 fully saturated rings. The van der Waals surface area contributed by atoms with Gasteiger partial charge in [0, 0.05) is 5.02 Å². The van der Waals surface area contributed by atoms with Gasteiger partial charge in [-0.3, -0.25) is 0 Å². The molecule has 1 aromatic carbocycles. The van der Waals surface area contributed by atoms with Crippen molar-refractivity contribution in [2.24, 2.45) is 0 Å². The molecule has 0 aliphatic carbocycles. The lowest BCUT2D eigenvalue weighted by molar-refractivity contribution is 0.439. The molecule has 19 heavy (non-hydrogen) atoms. The maximum Gasteiger partial charge on any atom is 0.230 e. The van der Waals surface area contributed by atoms with E-state index in [1.807, 2.05) is 36.4 Å². The second-order valence-corrected chi connectivity index (χ2v) is 6.78. The highest BCUT2D eigenvalue weighted by atomic mass is 79.9. The van der Waals surface area contributed by atoms with Crippen molar-refractivity contribution in [1.82, 2.24) is 5.16 Å². The van der Waals surface area contributed by atoms with Crippen molar-refractivity contribution in [3.8, 4) is 21.7 Å². The number of anilines is 1. The Morgan fingerprint density at radius 3 is 2.79 bits per heavy atom. The zero-order chi connectivity index (χ0) is 13.4. The molecule has 2 heterocycles. The Morgan fingerprint density at radius 2 is 2.11 bits per heavy atom. The number of nitrogens with zero attached hydrogens (tertiary/aromatic N) is 1. The molecule has 0 saturated carbocycles. The van der Waals surface area contributed by atoms with Gasteiger partial charge in [0.2, 0.25) is 5.88 Å². The topological polar surface area (TPSA) is 52.0 Å². The van der Waals surface area contributed by atoms with Crippen LogP contribution in [0.5, 0.6) is 0 Å². The van der Waals surface area contributed by atoms with Gasteiger partial charge in [0.25, 0.3) is 0 Å². The third kappa shape index (κ3) is 2.41. The van der Waals surface area contributed by atoms with Gasteiger partial charge in [0.1, 0.15) is 5.69 Å². The third-order valence-electron chi connectivity index (χ3n) is 2.64. The molecule has 0 amide bonds. The van der Waals surface area contributed by atoms with Gasteiger partial charge in [0.15, 0.2) is 0 Å². The van der Waals surface area contributed by atoms with Gasteiger partial charge in [-0.1, -0.05) is 28.9 Å². The molecule has 96 valence electrons. The minimum absolute atomic E-state index is 0.293. The van der Waals surface area contributed by atoms with Gasteiger partial charge in [-0.05, 0) is 45.8 Å². The average molecular weight is 356 g/mol. The molecular formula is C13H8BrClN2OS. The molecule has 0 aliphatic heterocycles. The molecule has 2 N–H and O–H groups in total. The van der Waals surface area contributed by atoms with Crippen molar-refractivity contribution in [3.05, 3.63) is 45.2 Å². The van der Waals surface area contributed by atoms with Crippen LogP contribution >= 0.6 is 38.9 Å². The molecule has 3 aromatic rings. The summed E-state index contributed by atoms with van der Waals surface area (Å²) >= 11 is 11.0. The lowest BCUT2D eigenvalue weighted by Crippen LogP contribution is -1.86. The predicted molar refractivity (Wildman–Crippen MR) is 82.4 cm³/mol. The maximum atomic E-state index is 6.02. The van der Waals surface area contributed by atoms with Crippen molar-refractivity contribution >= 4 is 44.8 Å². The second-order valence-electron chi connectivity index (χ2n) is 3.88. The zero-order valence-corrected chi connectivity index (χ0v) is 12.7. The number of aromatic nitrogens is 1. The highest BCUT2D eigenvalue weighted by Crippen LogP contribution is 2.40. The minimum atomic E-state index is 0.293. The van der Waals surface area contributed by atoms with E-state index in [0.29, 0.717) is 10.9 Å². The maximum absolute atomic E-state index is 6.02. The summed E-state index contributed by atoms with van der Waals surface area (Å²) in [6.07, 6.45) is 0. The van der Waals surface area contributed by atoms with Crippen LogP contribution in [0.2, 0.25) is 5.02 Å². The van der Waals surface area contributed by atoms with Crippen molar-refractivity contribution in [1.29, 1.82) is 0 Å². The van der Waals surface area contributed by atoms with Gasteiger partial charge in [0.05, 0.1) is 14.2 Å². The monoisotopic (exact) mass is 354 g/mol. The van der Waals surface area contributed by atoms with Gasteiger partial charge in [-0.15, -0.1) is 11.3 Å². The first-order chi connectivity index (χ1) is 9.15. The predicted octanol–water partition coefficient (Wildman–Crippen LogP) is 5.07. The van der Waals surface area contributed by atoms with E-state index in [1.54, 1.807) is 11.3 Å². The number of benzene rings is 1. The van der Waals surface area contributed by atoms with Crippen LogP contribution in [0.25, 0.3) is 21.7 Å². The van der Waals surface area contributed by atoms with Crippen LogP contribution in [0.3, 0.4) is 0 Å². The van der Waals surface area contributed by atoms with Crippen LogP contribution in [-0.4, -0.2) is 5.16 Å². The zero-order valence-electron chi connectivity index (χ0n) is 9.56. The van der Waals surface area contributed by atoms with Crippen LogP contribution in [0.4, 0.5) is 5.88 Å². The van der Waals surface area contributed by atoms with Crippen LogP contribution in [0, 0.1) is 0 Å². The lowest BCUT2D eigenvalue weighted by atomic mass is 10.1. The molecule has 0 radical (unpaired) electrons. The molecular weight excluding hydrogens is 348 g/mol. The summed E-state index contributed by atoms with van der Waals surface area (Å²) in [7, 11) is 0. The van der Waals surface area contributed by atoms with E-state index in [1.165, 1.54) is 0 Å². The highest BCUT2D eigenvalue weighted by Gasteiger charge is 2.18. The molecule has 6 heteroatoms. The number of nitrogen functional groups attached to an aromatic ring is 1. The van der Waals surface area contributed by atoms with Crippen LogP contribution < -0.4 is 5.73 Å². The van der Waals surface area contributed by atoms with Crippen LogP contribution in [0.15, 0.2) is 44.7 Å². The first kappa shape index (κ1) is 12.7. The van der Waals surface area contributed by atoms with Gasteiger partial charge in [-0.2, -0.15) is 0 Å². The number of halogens is 2. The quantitative estimate of drug-likeness (QED) is 0.698. The Hall–Kier alpha value is -1.30. The van der Waals surface area contributed by atoms with Crippen LogP contribution in [0.1, 0.15) is 0 Å². The number of hydrogen-bond donors (Lipinski definition) is 1. The standard InChI is InChI=1S/C13H8BrClN2OS/c14-10-5-4-9(19-10)12-11(13(16)18-17-12)7-2-1-3-8(15)6-7/h1-6H,16H2. The number of hydrogen-bond acceptors (Lipinski definition) is 4. The number of thiophene rings is 1. The fraction of sp³-hybridized carbons (Fsp3) is 0. The molecule has 3 rings (SSSR count). The SMILES string of the molecule is Nc1onc(-c2ccc(Br)s2)c1-c1cccc(Cl)c1. The van der Waals surface area contributed by atoms with Gasteiger partial charge < -0.3 is 10.3 Å². The largest absolute Gasteiger partial charge is 0.367 e. The van der Waals surface area contributed by atoms with E-state index >= 15 is 0 Å². The average Bonchev–Trinajstić information content (AvgIpc) is 2.95. The first-order valence-electron chi connectivity index (χ1n) is 5.42. The Balaban J connectivity index is 2.19. The molecule has 3 nitrogen and oxygen atoms in total. The first-order valence-corrected chi connectivity index (χ1v) is 7.40. The number of nitrogens with two attached hydrogens (primary N) is 1. The molecule has 0 atom stereocenters. The van der Waals surface area contributed by atoms with E-state index in [4.69, 9.17) is 21.9 Å². The van der Waals surface area contributed by atoms with E-state index in [2.05, 4.69) is 21.1 Å². The Morgan fingerprint density at radius 1 is 1.26 bits per heavy atom. The molecule has 0 aliphatic rings. The fourth-order valence-electron chi connectivity index (χ4n) is 1.84. The van der Waals surface area contributed by atoms with Crippen molar-refractivity contribution in [2.75, 3.05) is 5.73 Å². The summed E-state index contributed by atoms with van der Waals surface area (Å²) in [4.78, 5) is 0.988. The Labute approximate surface area is 127 Å². The third-order valence-corrected chi connectivity index (χ3v) is 4.50. The van der Waals surface area contributed by atoms with Gasteiger partial charge >= 0.3 is 0 Å². The summed E-state index contributed by atoms with van der Waals surface area (Å²) < 4.78 is 6.16. The molecule has 2 aromatic heterocycles. The second kappa shape index (κ2) is 5.00. The Bertz CT molecular complexity index is 738. The van der Waals surface area contributed by atoms with Gasteiger partial charge in [-0.25, -0.2) is 0 Å². The fourth-order valence-corrected chi connectivity index (χ4v) is 3.40. The molecule has 0 saturated heterocycles. The van der Waals surface area contributed by atoms with E-state index in [0.717, 1.165) is 25.5 Å². The summed E-state index contributed by atoms with van der Waals surface area (Å²) in [5.41, 5.74) is 8.29. The highest BCUT2D eigenvalue weighted by molar-refractivity contribution is 9.11. The number of rotatable bonds is 2.